The number of anilines is 2. The largest absolute Gasteiger partial charge is 0.382 e. The van der Waals surface area contributed by atoms with E-state index in [1.54, 1.807) is 0 Å². The second kappa shape index (κ2) is 7.12. The van der Waals surface area contributed by atoms with Crippen LogP contribution in [0.15, 0.2) is 48.5 Å². The molecule has 0 fully saturated rings. The van der Waals surface area contributed by atoms with Crippen LogP contribution in [0, 0.1) is 0 Å². The van der Waals surface area contributed by atoms with Crippen LogP contribution in [0.3, 0.4) is 0 Å². The molecule has 0 spiro atoms. The number of nitrogen functional groups attached to an aromatic ring is 2. The van der Waals surface area contributed by atoms with Crippen molar-refractivity contribution in [3.8, 4) is 11.3 Å². The Balaban J connectivity index is 1.71. The molecule has 0 saturated carbocycles. The molecular weight excluding hydrogens is 421 g/mol. The van der Waals surface area contributed by atoms with Crippen LogP contribution >= 0.6 is 23.2 Å². The number of pyridine rings is 1. The van der Waals surface area contributed by atoms with E-state index >= 15 is 0 Å². The highest BCUT2D eigenvalue weighted by atomic mass is 35.5. The molecule has 148 valence electrons. The SMILES string of the molecule is Nc1nc(N)c2nc(Cc3cc4cccc(Cl)c4nc3-c3ccccc3Cl)[nH]c2n1. The van der Waals surface area contributed by atoms with E-state index in [1.165, 1.54) is 0 Å². The molecule has 0 unspecified atom stereocenters. The first-order chi connectivity index (χ1) is 14.5. The summed E-state index contributed by atoms with van der Waals surface area (Å²) in [4.78, 5) is 20.7. The van der Waals surface area contributed by atoms with Gasteiger partial charge in [-0.1, -0.05) is 53.5 Å². The monoisotopic (exact) mass is 435 g/mol. The topological polar surface area (TPSA) is 119 Å². The predicted molar refractivity (Wildman–Crippen MR) is 121 cm³/mol. The number of nitrogens with two attached hydrogens (primary N) is 2. The van der Waals surface area contributed by atoms with Crippen LogP contribution < -0.4 is 11.5 Å². The minimum Gasteiger partial charge on any atom is -0.382 e. The van der Waals surface area contributed by atoms with Gasteiger partial charge in [0, 0.05) is 22.4 Å². The van der Waals surface area contributed by atoms with Gasteiger partial charge in [0.15, 0.2) is 17.0 Å². The van der Waals surface area contributed by atoms with Crippen molar-refractivity contribution in [2.45, 2.75) is 6.42 Å². The third-order valence-corrected chi connectivity index (χ3v) is 5.43. The fraction of sp³-hybridized carbons (Fsp3) is 0.0476. The summed E-state index contributed by atoms with van der Waals surface area (Å²) >= 11 is 12.9. The van der Waals surface area contributed by atoms with E-state index in [2.05, 4.69) is 19.9 Å². The molecule has 0 bridgehead atoms. The fourth-order valence-electron chi connectivity index (χ4n) is 3.48. The average Bonchev–Trinajstić information content (AvgIpc) is 3.11. The fourth-order valence-corrected chi connectivity index (χ4v) is 3.93. The molecule has 0 aliphatic rings. The summed E-state index contributed by atoms with van der Waals surface area (Å²) in [6.07, 6.45) is 0.450. The predicted octanol–water partition coefficient (Wildman–Crippen LogP) is 4.63. The molecule has 0 radical (unpaired) electrons. The Morgan fingerprint density at radius 3 is 2.47 bits per heavy atom. The van der Waals surface area contributed by atoms with Crippen molar-refractivity contribution in [1.82, 2.24) is 24.9 Å². The number of aromatic nitrogens is 5. The standard InChI is InChI=1S/C21H15Cl2N7/c22-13-6-2-1-5-12(13)16-11(8-10-4-3-7-14(23)17(10)28-16)9-15-26-18-19(24)29-21(25)30-20(18)27-15/h1-8H,9H2,(H5,24,25,26,27,29,30). The number of rotatable bonds is 3. The Morgan fingerprint density at radius 2 is 1.63 bits per heavy atom. The highest BCUT2D eigenvalue weighted by molar-refractivity contribution is 6.35. The van der Waals surface area contributed by atoms with Crippen molar-refractivity contribution in [2.75, 3.05) is 11.5 Å². The molecule has 5 rings (SSSR count). The van der Waals surface area contributed by atoms with Gasteiger partial charge in [-0.2, -0.15) is 9.97 Å². The minimum absolute atomic E-state index is 0.0916. The number of benzene rings is 2. The average molecular weight is 436 g/mol. The lowest BCUT2D eigenvalue weighted by atomic mass is 10.0. The van der Waals surface area contributed by atoms with Gasteiger partial charge in [0.2, 0.25) is 5.95 Å². The Labute approximate surface area is 181 Å². The Kier molecular flexibility index (Phi) is 4.42. The lowest BCUT2D eigenvalue weighted by molar-refractivity contribution is 1.03. The second-order valence-corrected chi connectivity index (χ2v) is 7.63. The van der Waals surface area contributed by atoms with E-state index < -0.39 is 0 Å². The third kappa shape index (κ3) is 3.18. The van der Waals surface area contributed by atoms with Crippen LogP contribution in [-0.2, 0) is 6.42 Å². The molecule has 5 N–H and O–H groups in total. The summed E-state index contributed by atoms with van der Waals surface area (Å²) in [6, 6.07) is 15.3. The molecule has 7 nitrogen and oxygen atoms in total. The quantitative estimate of drug-likeness (QED) is 0.379. The second-order valence-electron chi connectivity index (χ2n) is 6.81. The molecule has 0 saturated heterocycles. The van der Waals surface area contributed by atoms with Crippen LogP contribution in [-0.4, -0.2) is 24.9 Å². The van der Waals surface area contributed by atoms with Crippen molar-refractivity contribution in [1.29, 1.82) is 0 Å². The van der Waals surface area contributed by atoms with Crippen LogP contribution in [0.25, 0.3) is 33.3 Å². The molecule has 5 aromatic rings. The van der Waals surface area contributed by atoms with Gasteiger partial charge in [-0.3, -0.25) is 0 Å². The first-order valence-corrected chi connectivity index (χ1v) is 9.86. The number of nitrogens with one attached hydrogen (secondary N) is 1. The lowest BCUT2D eigenvalue weighted by Crippen LogP contribution is -1.99. The van der Waals surface area contributed by atoms with E-state index in [0.717, 1.165) is 22.2 Å². The van der Waals surface area contributed by atoms with Gasteiger partial charge >= 0.3 is 0 Å². The normalized spacial score (nSPS) is 11.4. The Morgan fingerprint density at radius 1 is 0.833 bits per heavy atom. The Hall–Kier alpha value is -3.42. The smallest absolute Gasteiger partial charge is 0.224 e. The van der Waals surface area contributed by atoms with Gasteiger partial charge in [0.25, 0.3) is 0 Å². The zero-order chi connectivity index (χ0) is 20.8. The van der Waals surface area contributed by atoms with Crippen LogP contribution in [0.4, 0.5) is 11.8 Å². The molecule has 2 aromatic carbocycles. The zero-order valence-electron chi connectivity index (χ0n) is 15.5. The summed E-state index contributed by atoms with van der Waals surface area (Å²) in [5, 5.41) is 2.10. The van der Waals surface area contributed by atoms with Gasteiger partial charge in [-0.15, -0.1) is 0 Å². The summed E-state index contributed by atoms with van der Waals surface area (Å²) < 4.78 is 0. The number of H-pyrrole nitrogens is 1. The van der Waals surface area contributed by atoms with Gasteiger partial charge in [-0.25, -0.2) is 9.97 Å². The Bertz CT molecular complexity index is 1430. The molecule has 0 amide bonds. The number of para-hydroxylation sites is 1. The van der Waals surface area contributed by atoms with Crippen LogP contribution in [0.2, 0.25) is 10.0 Å². The maximum atomic E-state index is 6.48. The summed E-state index contributed by atoms with van der Waals surface area (Å²) in [5.74, 6) is 0.983. The number of imidazole rings is 1. The molecule has 0 aliphatic carbocycles. The van der Waals surface area contributed by atoms with Crippen LogP contribution in [0.1, 0.15) is 11.4 Å². The minimum atomic E-state index is 0.0916. The summed E-state index contributed by atoms with van der Waals surface area (Å²) in [7, 11) is 0. The van der Waals surface area contributed by atoms with Gasteiger partial charge in [0.05, 0.1) is 16.2 Å². The number of nitrogens with zero attached hydrogens (tertiary/aromatic N) is 4. The summed E-state index contributed by atoms with van der Waals surface area (Å²) in [6.45, 7) is 0. The molecule has 30 heavy (non-hydrogen) atoms. The maximum absolute atomic E-state index is 6.48. The molecule has 3 aromatic heterocycles. The zero-order valence-corrected chi connectivity index (χ0v) is 17.0. The van der Waals surface area contributed by atoms with Crippen molar-refractivity contribution < 1.29 is 0 Å². The highest BCUT2D eigenvalue weighted by Gasteiger charge is 2.16. The number of halogens is 2. The van der Waals surface area contributed by atoms with Crippen molar-refractivity contribution >= 4 is 57.0 Å². The maximum Gasteiger partial charge on any atom is 0.224 e. The molecule has 3 heterocycles. The number of hydrogen-bond donors (Lipinski definition) is 3. The number of fused-ring (bicyclic) bond motifs is 2. The van der Waals surface area contributed by atoms with Gasteiger partial charge in [0.1, 0.15) is 5.82 Å². The van der Waals surface area contributed by atoms with Crippen LogP contribution in [0.5, 0.6) is 0 Å². The van der Waals surface area contributed by atoms with Gasteiger partial charge in [-0.05, 0) is 23.8 Å². The molecule has 9 heteroatoms. The van der Waals surface area contributed by atoms with Crippen molar-refractivity contribution in [3.05, 3.63) is 70.0 Å². The number of aromatic amines is 1. The molecule has 0 atom stereocenters. The summed E-state index contributed by atoms with van der Waals surface area (Å²) in [5.41, 5.74) is 15.8. The van der Waals surface area contributed by atoms with E-state index in [1.807, 2.05) is 48.5 Å². The first kappa shape index (κ1) is 18.6. The van der Waals surface area contributed by atoms with E-state index in [9.17, 15) is 0 Å². The molecule has 0 aliphatic heterocycles. The lowest BCUT2D eigenvalue weighted by Gasteiger charge is -2.12. The van der Waals surface area contributed by atoms with E-state index in [4.69, 9.17) is 39.7 Å². The highest BCUT2D eigenvalue weighted by Crippen LogP contribution is 2.34. The first-order valence-electron chi connectivity index (χ1n) is 9.10. The van der Waals surface area contributed by atoms with Crippen molar-refractivity contribution in [3.63, 3.8) is 0 Å². The van der Waals surface area contributed by atoms with E-state index in [-0.39, 0.29) is 11.8 Å². The van der Waals surface area contributed by atoms with Gasteiger partial charge < -0.3 is 16.5 Å². The van der Waals surface area contributed by atoms with Crippen molar-refractivity contribution in [2.24, 2.45) is 0 Å². The number of hydrogen-bond acceptors (Lipinski definition) is 6. The third-order valence-electron chi connectivity index (χ3n) is 4.80. The molecular formula is C21H15Cl2N7. The van der Waals surface area contributed by atoms with E-state index in [0.29, 0.717) is 39.0 Å².